The molecule has 3 N–H and O–H groups in total. The third kappa shape index (κ3) is 4.07. The molecule has 0 aliphatic carbocycles. The molecule has 0 fully saturated rings. The maximum absolute atomic E-state index is 12.9. The monoisotopic (exact) mass is 396 g/mol. The molecule has 0 bridgehead atoms. The first kappa shape index (κ1) is 19.6. The maximum atomic E-state index is 12.9. The van der Waals surface area contributed by atoms with Gasteiger partial charge in [0.15, 0.2) is 0 Å². The lowest BCUT2D eigenvalue weighted by Gasteiger charge is -2.11. The van der Waals surface area contributed by atoms with Crippen LogP contribution in [-0.4, -0.2) is 21.6 Å². The Hall–Kier alpha value is -3.12. The Bertz CT molecular complexity index is 1030. The smallest absolute Gasteiger partial charge is 0.259 e. The number of aromatic nitrogens is 2. The van der Waals surface area contributed by atoms with E-state index in [0.717, 1.165) is 23.4 Å². The van der Waals surface area contributed by atoms with Crippen LogP contribution in [-0.2, 0) is 6.42 Å². The number of benzene rings is 2. The van der Waals surface area contributed by atoms with Crippen LogP contribution in [0.2, 0.25) is 5.02 Å². The number of aryl methyl sites for hydroxylation is 1. The van der Waals surface area contributed by atoms with E-state index in [0.29, 0.717) is 28.3 Å². The summed E-state index contributed by atoms with van der Waals surface area (Å²) in [5.74, 6) is -0.828. The molecule has 0 saturated heterocycles. The van der Waals surface area contributed by atoms with Crippen molar-refractivity contribution in [1.82, 2.24) is 9.78 Å². The van der Waals surface area contributed by atoms with Crippen molar-refractivity contribution < 1.29 is 9.59 Å². The number of carbonyl (C=O) groups is 2. The van der Waals surface area contributed by atoms with Gasteiger partial charge in [0.1, 0.15) is 0 Å². The fourth-order valence-corrected chi connectivity index (χ4v) is 3.07. The molecule has 144 valence electrons. The molecule has 1 heterocycles. The van der Waals surface area contributed by atoms with Gasteiger partial charge in [0.05, 0.1) is 23.1 Å². The Morgan fingerprint density at radius 2 is 1.89 bits per heavy atom. The van der Waals surface area contributed by atoms with Crippen LogP contribution in [0.15, 0.2) is 48.7 Å². The van der Waals surface area contributed by atoms with Gasteiger partial charge < -0.3 is 11.1 Å². The van der Waals surface area contributed by atoms with Gasteiger partial charge in [0, 0.05) is 16.3 Å². The van der Waals surface area contributed by atoms with Gasteiger partial charge in [-0.1, -0.05) is 31.0 Å². The van der Waals surface area contributed by atoms with Crippen molar-refractivity contribution in [3.63, 3.8) is 0 Å². The second-order valence-corrected chi connectivity index (χ2v) is 6.93. The number of primary amides is 1. The summed E-state index contributed by atoms with van der Waals surface area (Å²) in [6, 6.07) is 12.2. The Labute approximate surface area is 168 Å². The van der Waals surface area contributed by atoms with E-state index < -0.39 is 5.91 Å². The zero-order valence-corrected chi connectivity index (χ0v) is 16.5. The molecular formula is C21H21ClN4O2. The van der Waals surface area contributed by atoms with Gasteiger partial charge in [-0.05, 0) is 55.3 Å². The third-order valence-electron chi connectivity index (χ3n) is 4.44. The van der Waals surface area contributed by atoms with Crippen LogP contribution in [0.1, 0.15) is 45.3 Å². The molecular weight excluding hydrogens is 376 g/mol. The summed E-state index contributed by atoms with van der Waals surface area (Å²) in [4.78, 5) is 24.4. The van der Waals surface area contributed by atoms with Gasteiger partial charge in [-0.25, -0.2) is 4.68 Å². The normalized spacial score (nSPS) is 10.7. The summed E-state index contributed by atoms with van der Waals surface area (Å²) in [6.45, 7) is 3.89. The molecule has 7 heteroatoms. The summed E-state index contributed by atoms with van der Waals surface area (Å²) < 4.78 is 1.75. The number of hydrogen-bond donors (Lipinski definition) is 2. The lowest BCUT2D eigenvalue weighted by molar-refractivity contribution is 0.0996. The molecule has 2 amide bonds. The van der Waals surface area contributed by atoms with E-state index in [1.165, 1.54) is 0 Å². The first-order valence-electron chi connectivity index (χ1n) is 8.95. The Morgan fingerprint density at radius 1 is 1.18 bits per heavy atom. The van der Waals surface area contributed by atoms with E-state index in [1.807, 2.05) is 26.0 Å². The van der Waals surface area contributed by atoms with E-state index in [1.54, 1.807) is 41.2 Å². The summed E-state index contributed by atoms with van der Waals surface area (Å²) in [5.41, 5.74) is 9.19. The molecule has 6 nitrogen and oxygen atoms in total. The number of halogens is 1. The molecule has 1 aromatic heterocycles. The highest BCUT2D eigenvalue weighted by molar-refractivity contribution is 6.30. The second-order valence-electron chi connectivity index (χ2n) is 6.49. The predicted molar refractivity (Wildman–Crippen MR) is 110 cm³/mol. The number of hydrogen-bond acceptors (Lipinski definition) is 3. The maximum Gasteiger partial charge on any atom is 0.259 e. The van der Waals surface area contributed by atoms with Crippen LogP contribution in [0.4, 0.5) is 5.69 Å². The van der Waals surface area contributed by atoms with Crippen molar-refractivity contribution in [3.8, 4) is 5.69 Å². The zero-order chi connectivity index (χ0) is 20.3. The van der Waals surface area contributed by atoms with Crippen LogP contribution in [0, 0.1) is 6.92 Å². The minimum absolute atomic E-state index is 0.284. The van der Waals surface area contributed by atoms with Crippen LogP contribution < -0.4 is 11.1 Å². The van der Waals surface area contributed by atoms with Gasteiger partial charge in [0.25, 0.3) is 5.91 Å². The molecule has 0 aliphatic rings. The van der Waals surface area contributed by atoms with Gasteiger partial charge in [-0.3, -0.25) is 9.59 Å². The van der Waals surface area contributed by atoms with Crippen molar-refractivity contribution in [2.24, 2.45) is 5.73 Å². The van der Waals surface area contributed by atoms with E-state index in [9.17, 15) is 9.59 Å². The van der Waals surface area contributed by atoms with E-state index >= 15 is 0 Å². The Kier molecular flexibility index (Phi) is 5.80. The van der Waals surface area contributed by atoms with Crippen LogP contribution >= 0.6 is 11.6 Å². The highest BCUT2D eigenvalue weighted by Gasteiger charge is 2.19. The number of nitrogens with two attached hydrogens (primary N) is 1. The zero-order valence-electron chi connectivity index (χ0n) is 15.7. The van der Waals surface area contributed by atoms with E-state index in [-0.39, 0.29) is 5.91 Å². The Morgan fingerprint density at radius 3 is 2.54 bits per heavy atom. The van der Waals surface area contributed by atoms with E-state index in [2.05, 4.69) is 10.4 Å². The highest BCUT2D eigenvalue weighted by Crippen LogP contribution is 2.22. The molecule has 0 unspecified atom stereocenters. The number of nitrogens with one attached hydrogen (secondary N) is 1. The molecule has 28 heavy (non-hydrogen) atoms. The van der Waals surface area contributed by atoms with Gasteiger partial charge in [0.2, 0.25) is 5.91 Å². The van der Waals surface area contributed by atoms with Gasteiger partial charge in [-0.15, -0.1) is 0 Å². The van der Waals surface area contributed by atoms with Crippen molar-refractivity contribution in [2.75, 3.05) is 5.32 Å². The van der Waals surface area contributed by atoms with Gasteiger partial charge in [-0.2, -0.15) is 5.10 Å². The molecule has 0 radical (unpaired) electrons. The topological polar surface area (TPSA) is 90.0 Å². The third-order valence-corrected chi connectivity index (χ3v) is 4.69. The van der Waals surface area contributed by atoms with Gasteiger partial charge >= 0.3 is 0 Å². The quantitative estimate of drug-likeness (QED) is 0.656. The van der Waals surface area contributed by atoms with Crippen molar-refractivity contribution in [3.05, 3.63) is 76.1 Å². The summed E-state index contributed by atoms with van der Waals surface area (Å²) in [6.07, 6.45) is 3.10. The highest BCUT2D eigenvalue weighted by atomic mass is 35.5. The Balaban J connectivity index is 1.95. The standard InChI is InChI=1S/C21H21ClN4O2/c1-3-4-19-17(12-24-26(19)16-9-7-15(22)8-10-16)21(28)25-18-11-14(20(23)27)6-5-13(18)2/h5-12H,3-4H2,1-2H3,(H2,23,27)(H,25,28). The molecule has 0 atom stereocenters. The summed E-state index contributed by atoms with van der Waals surface area (Å²) in [7, 11) is 0. The molecule has 0 aliphatic heterocycles. The summed E-state index contributed by atoms with van der Waals surface area (Å²) >= 11 is 5.97. The minimum atomic E-state index is -0.544. The molecule has 3 aromatic rings. The number of amides is 2. The number of nitrogens with zero attached hydrogens (tertiary/aromatic N) is 2. The number of anilines is 1. The largest absolute Gasteiger partial charge is 0.366 e. The van der Waals surface area contributed by atoms with E-state index in [4.69, 9.17) is 17.3 Å². The predicted octanol–water partition coefficient (Wildman–Crippen LogP) is 4.14. The fraction of sp³-hybridized carbons (Fsp3) is 0.190. The number of carbonyl (C=O) groups excluding carboxylic acids is 2. The molecule has 0 saturated carbocycles. The van der Waals surface area contributed by atoms with Crippen LogP contribution in [0.25, 0.3) is 5.69 Å². The van der Waals surface area contributed by atoms with Crippen LogP contribution in [0.3, 0.4) is 0 Å². The lowest BCUT2D eigenvalue weighted by Crippen LogP contribution is -2.17. The minimum Gasteiger partial charge on any atom is -0.366 e. The average Bonchev–Trinajstić information content (AvgIpc) is 3.08. The van der Waals surface area contributed by atoms with Crippen LogP contribution in [0.5, 0.6) is 0 Å². The first-order chi connectivity index (χ1) is 13.4. The number of rotatable bonds is 6. The van der Waals surface area contributed by atoms with Crippen molar-refractivity contribution in [2.45, 2.75) is 26.7 Å². The SMILES string of the molecule is CCCc1c(C(=O)Nc2cc(C(N)=O)ccc2C)cnn1-c1ccc(Cl)cc1. The van der Waals surface area contributed by atoms with Crippen molar-refractivity contribution in [1.29, 1.82) is 0 Å². The molecule has 2 aromatic carbocycles. The summed E-state index contributed by atoms with van der Waals surface area (Å²) in [5, 5.41) is 7.91. The fourth-order valence-electron chi connectivity index (χ4n) is 2.95. The molecule has 3 rings (SSSR count). The molecule has 0 spiro atoms. The first-order valence-corrected chi connectivity index (χ1v) is 9.33. The average molecular weight is 397 g/mol. The van der Waals surface area contributed by atoms with Crippen molar-refractivity contribution >= 4 is 29.1 Å². The lowest BCUT2D eigenvalue weighted by atomic mass is 10.1. The second kappa shape index (κ2) is 8.27.